The van der Waals surface area contributed by atoms with E-state index in [4.69, 9.17) is 11.5 Å². The molecule has 0 bridgehead atoms. The van der Waals surface area contributed by atoms with Gasteiger partial charge in [-0.3, -0.25) is 9.59 Å². The molecule has 0 aromatic carbocycles. The molecule has 0 unspecified atom stereocenters. The lowest BCUT2D eigenvalue weighted by atomic mass is 10.3. The SMILES string of the molecule is COC(=O)NC(C(N)=O)C(N)=O. The average molecular weight is 175 g/mol. The van der Waals surface area contributed by atoms with Crippen molar-refractivity contribution in [3.05, 3.63) is 0 Å². The number of carbonyl (C=O) groups is 3. The van der Waals surface area contributed by atoms with Gasteiger partial charge >= 0.3 is 6.09 Å². The van der Waals surface area contributed by atoms with Crippen LogP contribution in [-0.2, 0) is 14.3 Å². The van der Waals surface area contributed by atoms with Gasteiger partial charge in [0.1, 0.15) is 0 Å². The summed E-state index contributed by atoms with van der Waals surface area (Å²) in [5, 5.41) is 1.86. The van der Waals surface area contributed by atoms with E-state index in [1.54, 1.807) is 0 Å². The maximum Gasteiger partial charge on any atom is 0.407 e. The molecule has 0 atom stereocenters. The number of rotatable bonds is 3. The van der Waals surface area contributed by atoms with Crippen LogP contribution in [0.4, 0.5) is 4.79 Å². The second-order valence-corrected chi connectivity index (χ2v) is 1.87. The molecule has 0 aliphatic carbocycles. The first-order valence-corrected chi connectivity index (χ1v) is 2.92. The first-order chi connectivity index (χ1) is 5.49. The molecule has 5 N–H and O–H groups in total. The number of primary amides is 2. The van der Waals surface area contributed by atoms with Gasteiger partial charge < -0.3 is 21.5 Å². The van der Waals surface area contributed by atoms with Crippen LogP contribution in [0.15, 0.2) is 0 Å². The van der Waals surface area contributed by atoms with Gasteiger partial charge in [0.05, 0.1) is 7.11 Å². The van der Waals surface area contributed by atoms with Crippen LogP contribution in [0.5, 0.6) is 0 Å². The van der Waals surface area contributed by atoms with Gasteiger partial charge in [-0.25, -0.2) is 4.79 Å². The van der Waals surface area contributed by atoms with Gasteiger partial charge in [0.25, 0.3) is 0 Å². The minimum atomic E-state index is -1.53. The fraction of sp³-hybridized carbons (Fsp3) is 0.400. The number of carbonyl (C=O) groups excluding carboxylic acids is 3. The Hall–Kier alpha value is -1.79. The summed E-state index contributed by atoms with van der Waals surface area (Å²) in [6, 6.07) is -1.53. The molecule has 0 fully saturated rings. The average Bonchev–Trinajstić information content (AvgIpc) is 1.98. The summed E-state index contributed by atoms with van der Waals surface area (Å²) in [5.74, 6) is -2.07. The Kier molecular flexibility index (Phi) is 3.54. The maximum atomic E-state index is 10.5. The number of amides is 3. The Morgan fingerprint density at radius 2 is 1.67 bits per heavy atom. The van der Waals surface area contributed by atoms with Gasteiger partial charge in [-0.15, -0.1) is 0 Å². The van der Waals surface area contributed by atoms with E-state index in [0.717, 1.165) is 7.11 Å². The van der Waals surface area contributed by atoms with E-state index in [2.05, 4.69) is 4.74 Å². The number of methoxy groups -OCH3 is 1. The molecule has 68 valence electrons. The van der Waals surface area contributed by atoms with E-state index in [1.165, 1.54) is 0 Å². The summed E-state index contributed by atoms with van der Waals surface area (Å²) in [6.07, 6.45) is -0.947. The molecule has 0 aliphatic heterocycles. The van der Waals surface area contributed by atoms with Crippen LogP contribution < -0.4 is 16.8 Å². The third-order valence-corrected chi connectivity index (χ3v) is 1.02. The number of hydrogen-bond donors (Lipinski definition) is 3. The van der Waals surface area contributed by atoms with Crippen molar-refractivity contribution in [2.24, 2.45) is 11.5 Å². The maximum absolute atomic E-state index is 10.5. The molecular weight excluding hydrogens is 166 g/mol. The van der Waals surface area contributed by atoms with Gasteiger partial charge in [0, 0.05) is 0 Å². The number of alkyl carbamates (subject to hydrolysis) is 1. The summed E-state index contributed by atoms with van der Waals surface area (Å²) in [5.41, 5.74) is 9.46. The molecule has 0 saturated carbocycles. The fourth-order valence-electron chi connectivity index (χ4n) is 0.459. The van der Waals surface area contributed by atoms with Gasteiger partial charge in [0.15, 0.2) is 6.04 Å². The fourth-order valence-corrected chi connectivity index (χ4v) is 0.459. The van der Waals surface area contributed by atoms with Crippen LogP contribution in [0.3, 0.4) is 0 Å². The zero-order valence-electron chi connectivity index (χ0n) is 6.37. The van der Waals surface area contributed by atoms with Crippen LogP contribution in [0.25, 0.3) is 0 Å². The molecular formula is C5H9N3O4. The van der Waals surface area contributed by atoms with Crippen LogP contribution in [0, 0.1) is 0 Å². The topological polar surface area (TPSA) is 125 Å². The van der Waals surface area contributed by atoms with E-state index < -0.39 is 23.9 Å². The largest absolute Gasteiger partial charge is 0.453 e. The lowest BCUT2D eigenvalue weighted by molar-refractivity contribution is -0.128. The summed E-state index contributed by atoms with van der Waals surface area (Å²) < 4.78 is 4.12. The first-order valence-electron chi connectivity index (χ1n) is 2.92. The minimum Gasteiger partial charge on any atom is -0.453 e. The van der Waals surface area contributed by atoms with Crippen molar-refractivity contribution in [2.75, 3.05) is 7.11 Å². The summed E-state index contributed by atoms with van der Waals surface area (Å²) in [4.78, 5) is 31.4. The Labute approximate surface area is 68.0 Å². The highest BCUT2D eigenvalue weighted by Gasteiger charge is 2.23. The van der Waals surface area contributed by atoms with Crippen molar-refractivity contribution < 1.29 is 19.1 Å². The van der Waals surface area contributed by atoms with E-state index in [0.29, 0.717) is 0 Å². The molecule has 7 nitrogen and oxygen atoms in total. The van der Waals surface area contributed by atoms with Crippen molar-refractivity contribution in [2.45, 2.75) is 6.04 Å². The minimum absolute atomic E-state index is 0.947. The number of nitrogens with one attached hydrogen (secondary N) is 1. The normalized spacial score (nSPS) is 9.17. The van der Waals surface area contributed by atoms with Gasteiger partial charge in [0.2, 0.25) is 11.8 Å². The highest BCUT2D eigenvalue weighted by molar-refractivity contribution is 6.05. The molecule has 3 amide bonds. The van der Waals surface area contributed by atoms with E-state index >= 15 is 0 Å². The molecule has 0 radical (unpaired) electrons. The monoisotopic (exact) mass is 175 g/mol. The van der Waals surface area contributed by atoms with Crippen molar-refractivity contribution in [1.29, 1.82) is 0 Å². The number of hydrogen-bond acceptors (Lipinski definition) is 4. The van der Waals surface area contributed by atoms with Crippen molar-refractivity contribution in [3.63, 3.8) is 0 Å². The van der Waals surface area contributed by atoms with Crippen molar-refractivity contribution in [3.8, 4) is 0 Å². The third-order valence-electron chi connectivity index (χ3n) is 1.02. The second-order valence-electron chi connectivity index (χ2n) is 1.87. The lowest BCUT2D eigenvalue weighted by Gasteiger charge is -2.09. The molecule has 0 spiro atoms. The quantitative estimate of drug-likeness (QED) is 0.416. The van der Waals surface area contributed by atoms with E-state index in [9.17, 15) is 14.4 Å². The first kappa shape index (κ1) is 10.2. The Morgan fingerprint density at radius 3 is 1.92 bits per heavy atom. The summed E-state index contributed by atoms with van der Waals surface area (Å²) in [6.45, 7) is 0. The standard InChI is InChI=1S/C5H9N3O4/c1-12-5(11)8-2(3(6)9)4(7)10/h2H,1H3,(H2,6,9)(H2,7,10)(H,8,11). The zero-order valence-corrected chi connectivity index (χ0v) is 6.37. The second kappa shape index (κ2) is 4.16. The predicted molar refractivity (Wildman–Crippen MR) is 37.7 cm³/mol. The van der Waals surface area contributed by atoms with Crippen molar-refractivity contribution in [1.82, 2.24) is 5.32 Å². The Balaban J connectivity index is 4.24. The van der Waals surface area contributed by atoms with E-state index in [-0.39, 0.29) is 0 Å². The smallest absolute Gasteiger partial charge is 0.407 e. The molecule has 12 heavy (non-hydrogen) atoms. The zero-order chi connectivity index (χ0) is 9.72. The summed E-state index contributed by atoms with van der Waals surface area (Å²) >= 11 is 0. The molecule has 0 rings (SSSR count). The van der Waals surface area contributed by atoms with Gasteiger partial charge in [-0.05, 0) is 0 Å². The number of nitrogens with two attached hydrogens (primary N) is 2. The van der Waals surface area contributed by atoms with Crippen LogP contribution in [-0.4, -0.2) is 31.1 Å². The lowest BCUT2D eigenvalue weighted by Crippen LogP contribution is -2.52. The highest BCUT2D eigenvalue weighted by atomic mass is 16.5. The molecule has 0 aromatic rings. The Morgan fingerprint density at radius 1 is 1.25 bits per heavy atom. The van der Waals surface area contributed by atoms with Crippen LogP contribution >= 0.6 is 0 Å². The molecule has 7 heteroatoms. The van der Waals surface area contributed by atoms with Gasteiger partial charge in [-0.1, -0.05) is 0 Å². The molecule has 0 saturated heterocycles. The van der Waals surface area contributed by atoms with E-state index in [1.807, 2.05) is 5.32 Å². The number of ether oxygens (including phenoxy) is 1. The van der Waals surface area contributed by atoms with Crippen molar-refractivity contribution >= 4 is 17.9 Å². The predicted octanol–water partition coefficient (Wildman–Crippen LogP) is -2.32. The highest BCUT2D eigenvalue weighted by Crippen LogP contribution is 1.82. The molecule has 0 aliphatic rings. The summed E-state index contributed by atoms with van der Waals surface area (Å²) in [7, 11) is 1.08. The van der Waals surface area contributed by atoms with Crippen LogP contribution in [0.2, 0.25) is 0 Å². The Bertz CT molecular complexity index is 201. The molecule has 0 aromatic heterocycles. The van der Waals surface area contributed by atoms with Crippen LogP contribution in [0.1, 0.15) is 0 Å². The molecule has 0 heterocycles. The third kappa shape index (κ3) is 2.86. The van der Waals surface area contributed by atoms with Gasteiger partial charge in [-0.2, -0.15) is 0 Å².